The van der Waals surface area contributed by atoms with Gasteiger partial charge in [-0.05, 0) is 25.7 Å². The predicted octanol–water partition coefficient (Wildman–Crippen LogP) is 2.42. The summed E-state index contributed by atoms with van der Waals surface area (Å²) in [6.45, 7) is 4.53. The molecule has 0 aromatic rings. The second-order valence-electron chi connectivity index (χ2n) is 4.23. The van der Waals surface area contributed by atoms with Crippen molar-refractivity contribution in [3.63, 3.8) is 0 Å². The minimum absolute atomic E-state index is 0.216. The quantitative estimate of drug-likeness (QED) is 0.702. The van der Waals surface area contributed by atoms with E-state index in [2.05, 4.69) is 6.92 Å². The summed E-state index contributed by atoms with van der Waals surface area (Å²) in [4.78, 5) is 13.3. The SMILES string of the molecule is CCCCN(CCC1CCCO1)C(=O)OC. The van der Waals surface area contributed by atoms with Crippen LogP contribution in [0.25, 0.3) is 0 Å². The molecule has 1 rings (SSSR count). The molecule has 0 N–H and O–H groups in total. The van der Waals surface area contributed by atoms with Crippen LogP contribution in [0.5, 0.6) is 0 Å². The van der Waals surface area contributed by atoms with Gasteiger partial charge in [-0.15, -0.1) is 0 Å². The number of hydrogen-bond donors (Lipinski definition) is 0. The smallest absolute Gasteiger partial charge is 0.409 e. The minimum Gasteiger partial charge on any atom is -0.453 e. The van der Waals surface area contributed by atoms with Crippen LogP contribution >= 0.6 is 0 Å². The average molecular weight is 229 g/mol. The van der Waals surface area contributed by atoms with E-state index in [9.17, 15) is 4.79 Å². The fraction of sp³-hybridized carbons (Fsp3) is 0.917. The maximum Gasteiger partial charge on any atom is 0.409 e. The molecular weight excluding hydrogens is 206 g/mol. The van der Waals surface area contributed by atoms with E-state index >= 15 is 0 Å². The molecule has 1 unspecified atom stereocenters. The number of carbonyl (C=O) groups excluding carboxylic acids is 1. The molecule has 1 fully saturated rings. The van der Waals surface area contributed by atoms with Crippen molar-refractivity contribution < 1.29 is 14.3 Å². The molecule has 4 nitrogen and oxygen atoms in total. The Balaban J connectivity index is 2.27. The number of unbranched alkanes of at least 4 members (excludes halogenated alkanes) is 1. The molecule has 1 aliphatic heterocycles. The lowest BCUT2D eigenvalue weighted by Gasteiger charge is -2.22. The molecule has 0 spiro atoms. The Labute approximate surface area is 97.9 Å². The van der Waals surface area contributed by atoms with Gasteiger partial charge in [-0.1, -0.05) is 13.3 Å². The molecule has 4 heteroatoms. The zero-order valence-corrected chi connectivity index (χ0v) is 10.4. The number of carbonyl (C=O) groups is 1. The van der Waals surface area contributed by atoms with Crippen LogP contribution in [0.1, 0.15) is 39.0 Å². The summed E-state index contributed by atoms with van der Waals surface area (Å²) in [5.74, 6) is 0. The van der Waals surface area contributed by atoms with Crippen molar-refractivity contribution in [3.05, 3.63) is 0 Å². The number of rotatable bonds is 6. The molecule has 1 atom stereocenters. The van der Waals surface area contributed by atoms with Crippen LogP contribution in [0.3, 0.4) is 0 Å². The highest BCUT2D eigenvalue weighted by molar-refractivity contribution is 5.67. The summed E-state index contributed by atoms with van der Waals surface area (Å²) in [7, 11) is 1.44. The van der Waals surface area contributed by atoms with Gasteiger partial charge in [0.05, 0.1) is 13.2 Å². The van der Waals surface area contributed by atoms with E-state index < -0.39 is 0 Å². The van der Waals surface area contributed by atoms with Gasteiger partial charge in [-0.25, -0.2) is 4.79 Å². The Bertz CT molecular complexity index is 202. The third kappa shape index (κ3) is 4.39. The fourth-order valence-electron chi connectivity index (χ4n) is 1.94. The van der Waals surface area contributed by atoms with Crippen LogP contribution in [-0.2, 0) is 9.47 Å². The van der Waals surface area contributed by atoms with E-state index in [1.54, 1.807) is 4.90 Å². The van der Waals surface area contributed by atoms with Crippen molar-refractivity contribution in [1.29, 1.82) is 0 Å². The van der Waals surface area contributed by atoms with Crippen LogP contribution in [0, 0.1) is 0 Å². The van der Waals surface area contributed by atoms with E-state index in [4.69, 9.17) is 9.47 Å². The molecule has 0 aliphatic carbocycles. The fourth-order valence-corrected chi connectivity index (χ4v) is 1.94. The standard InChI is InChI=1S/C12H23NO3/c1-3-4-8-13(12(14)15-2)9-7-11-6-5-10-16-11/h11H,3-10H2,1-2H3. The lowest BCUT2D eigenvalue weighted by atomic mass is 10.2. The normalized spacial score (nSPS) is 19.8. The number of nitrogens with zero attached hydrogens (tertiary/aromatic N) is 1. The highest BCUT2D eigenvalue weighted by Gasteiger charge is 2.19. The average Bonchev–Trinajstić information content (AvgIpc) is 2.81. The largest absolute Gasteiger partial charge is 0.453 e. The lowest BCUT2D eigenvalue weighted by Crippen LogP contribution is -2.34. The molecule has 94 valence electrons. The zero-order chi connectivity index (χ0) is 11.8. The summed E-state index contributed by atoms with van der Waals surface area (Å²) in [6, 6.07) is 0. The molecule has 0 bridgehead atoms. The number of amides is 1. The first-order chi connectivity index (χ1) is 7.77. The van der Waals surface area contributed by atoms with Crippen LogP contribution in [-0.4, -0.2) is 43.9 Å². The van der Waals surface area contributed by atoms with Crippen molar-refractivity contribution in [2.75, 3.05) is 26.8 Å². The van der Waals surface area contributed by atoms with E-state index in [0.717, 1.165) is 51.8 Å². The Morgan fingerprint density at radius 1 is 1.50 bits per heavy atom. The molecule has 1 amide bonds. The molecule has 0 aromatic carbocycles. The van der Waals surface area contributed by atoms with Gasteiger partial charge >= 0.3 is 6.09 Å². The van der Waals surface area contributed by atoms with E-state index in [1.807, 2.05) is 0 Å². The van der Waals surface area contributed by atoms with Gasteiger partial charge in [-0.3, -0.25) is 0 Å². The summed E-state index contributed by atoms with van der Waals surface area (Å²) in [6.07, 6.45) is 5.45. The first kappa shape index (κ1) is 13.3. The molecule has 0 radical (unpaired) electrons. The maximum atomic E-state index is 11.5. The van der Waals surface area contributed by atoms with Crippen LogP contribution in [0.15, 0.2) is 0 Å². The molecule has 1 saturated heterocycles. The zero-order valence-electron chi connectivity index (χ0n) is 10.4. The Kier molecular flexibility index (Phi) is 6.23. The van der Waals surface area contributed by atoms with E-state index in [0.29, 0.717) is 6.10 Å². The van der Waals surface area contributed by atoms with Crippen molar-refractivity contribution >= 4 is 6.09 Å². The van der Waals surface area contributed by atoms with Crippen molar-refractivity contribution in [3.8, 4) is 0 Å². The van der Waals surface area contributed by atoms with Crippen LogP contribution in [0.2, 0.25) is 0 Å². The van der Waals surface area contributed by atoms with Gasteiger partial charge in [0.1, 0.15) is 0 Å². The summed E-state index contributed by atoms with van der Waals surface area (Å²) >= 11 is 0. The number of methoxy groups -OCH3 is 1. The molecule has 0 saturated carbocycles. The summed E-state index contributed by atoms with van der Waals surface area (Å²) < 4.78 is 10.3. The topological polar surface area (TPSA) is 38.8 Å². The first-order valence-corrected chi connectivity index (χ1v) is 6.22. The Morgan fingerprint density at radius 2 is 2.31 bits per heavy atom. The van der Waals surface area contributed by atoms with Gasteiger partial charge in [0, 0.05) is 19.7 Å². The summed E-state index contributed by atoms with van der Waals surface area (Å²) in [5.41, 5.74) is 0. The van der Waals surface area contributed by atoms with Crippen LogP contribution < -0.4 is 0 Å². The van der Waals surface area contributed by atoms with Gasteiger partial charge in [0.15, 0.2) is 0 Å². The second kappa shape index (κ2) is 7.49. The minimum atomic E-state index is -0.216. The van der Waals surface area contributed by atoms with Gasteiger partial charge in [0.2, 0.25) is 0 Å². The number of hydrogen-bond acceptors (Lipinski definition) is 3. The molecule has 0 aromatic heterocycles. The van der Waals surface area contributed by atoms with Gasteiger partial charge < -0.3 is 14.4 Å². The predicted molar refractivity (Wildman–Crippen MR) is 62.5 cm³/mol. The van der Waals surface area contributed by atoms with Gasteiger partial charge in [-0.2, -0.15) is 0 Å². The monoisotopic (exact) mass is 229 g/mol. The van der Waals surface area contributed by atoms with E-state index in [-0.39, 0.29) is 6.09 Å². The first-order valence-electron chi connectivity index (χ1n) is 6.22. The molecule has 1 aliphatic rings. The highest BCUT2D eigenvalue weighted by atomic mass is 16.5. The van der Waals surface area contributed by atoms with E-state index in [1.165, 1.54) is 7.11 Å². The third-order valence-corrected chi connectivity index (χ3v) is 2.96. The van der Waals surface area contributed by atoms with Gasteiger partial charge in [0.25, 0.3) is 0 Å². The third-order valence-electron chi connectivity index (χ3n) is 2.96. The highest BCUT2D eigenvalue weighted by Crippen LogP contribution is 2.16. The Hall–Kier alpha value is -0.770. The van der Waals surface area contributed by atoms with Crippen LogP contribution in [0.4, 0.5) is 4.79 Å². The Morgan fingerprint density at radius 3 is 2.88 bits per heavy atom. The summed E-state index contributed by atoms with van der Waals surface area (Å²) in [5, 5.41) is 0. The van der Waals surface area contributed by atoms with Crippen molar-refractivity contribution in [2.24, 2.45) is 0 Å². The van der Waals surface area contributed by atoms with Crippen molar-refractivity contribution in [1.82, 2.24) is 4.90 Å². The number of ether oxygens (including phenoxy) is 2. The molecule has 1 heterocycles. The second-order valence-corrected chi connectivity index (χ2v) is 4.23. The van der Waals surface area contributed by atoms with Crippen molar-refractivity contribution in [2.45, 2.75) is 45.1 Å². The lowest BCUT2D eigenvalue weighted by molar-refractivity contribution is 0.0840. The molecule has 16 heavy (non-hydrogen) atoms. The molecular formula is C12H23NO3. The maximum absolute atomic E-state index is 11.5.